The van der Waals surface area contributed by atoms with Crippen molar-refractivity contribution in [2.75, 3.05) is 0 Å². The number of aliphatic hydroxyl groups excluding tert-OH is 2. The van der Waals surface area contributed by atoms with Gasteiger partial charge in [-0.25, -0.2) is 4.18 Å². The first-order valence-corrected chi connectivity index (χ1v) is 13.6. The van der Waals surface area contributed by atoms with Crippen molar-refractivity contribution >= 4 is 16.4 Å². The van der Waals surface area contributed by atoms with Crippen molar-refractivity contribution in [2.45, 2.75) is 90.4 Å². The molecule has 4 aliphatic carbocycles. The van der Waals surface area contributed by atoms with Crippen LogP contribution in [0.1, 0.15) is 72.1 Å². The van der Waals surface area contributed by atoms with E-state index in [1.165, 1.54) is 0 Å². The standard InChI is InChI=1S/C24H38O8S/c1-13(4-7-21(27)28)16-5-6-17-22-18(12-20(26)24(16,17)3)23(2)9-8-15(32-33(29,30)31)10-14(23)11-19(22)25/h11,13,15-20,22,25-26H,4-10,12H2,1-3H3,(H,27,28)(H,29,30,31)/t13-,15+,16-,17+,18+,19-,20+,22+,23+,24-/m1/s1. The largest absolute Gasteiger partial charge is 0.481 e. The minimum absolute atomic E-state index is 0.00265. The molecule has 0 bridgehead atoms. The lowest BCUT2D eigenvalue weighted by Gasteiger charge is -2.61. The molecule has 9 heteroatoms. The van der Waals surface area contributed by atoms with E-state index in [0.29, 0.717) is 32.1 Å². The molecule has 188 valence electrons. The van der Waals surface area contributed by atoms with Crippen LogP contribution in [0.15, 0.2) is 11.6 Å². The zero-order chi connectivity index (χ0) is 24.3. The lowest BCUT2D eigenvalue weighted by Crippen LogP contribution is -2.59. The molecule has 4 N–H and O–H groups in total. The van der Waals surface area contributed by atoms with Crippen LogP contribution in [0.25, 0.3) is 0 Å². The van der Waals surface area contributed by atoms with Gasteiger partial charge in [0, 0.05) is 6.42 Å². The highest BCUT2D eigenvalue weighted by Crippen LogP contribution is 2.67. The molecular weight excluding hydrogens is 448 g/mol. The third-order valence-corrected chi connectivity index (χ3v) is 10.5. The zero-order valence-electron chi connectivity index (χ0n) is 19.7. The quantitative estimate of drug-likeness (QED) is 0.331. The summed E-state index contributed by atoms with van der Waals surface area (Å²) in [5.41, 5.74) is 0.321. The van der Waals surface area contributed by atoms with Crippen molar-refractivity contribution in [1.82, 2.24) is 0 Å². The molecule has 0 spiro atoms. The molecule has 0 aromatic carbocycles. The fraction of sp³-hybridized carbons (Fsp3) is 0.875. The average Bonchev–Trinajstić information content (AvgIpc) is 3.05. The first kappa shape index (κ1) is 25.1. The number of hydrogen-bond donors (Lipinski definition) is 4. The molecule has 8 nitrogen and oxygen atoms in total. The Labute approximate surface area is 196 Å². The van der Waals surface area contributed by atoms with Crippen LogP contribution in [0, 0.1) is 40.4 Å². The molecule has 0 unspecified atom stereocenters. The zero-order valence-corrected chi connectivity index (χ0v) is 20.5. The summed E-state index contributed by atoms with van der Waals surface area (Å²) in [6.07, 6.45) is 4.59. The minimum atomic E-state index is -4.54. The molecule has 0 aromatic rings. The first-order valence-electron chi connectivity index (χ1n) is 12.2. The van der Waals surface area contributed by atoms with Crippen LogP contribution in [0.4, 0.5) is 0 Å². The molecule has 10 atom stereocenters. The van der Waals surface area contributed by atoms with Gasteiger partial charge in [-0.2, -0.15) is 8.42 Å². The number of carboxylic acids is 1. The Morgan fingerprint density at radius 3 is 2.55 bits per heavy atom. The van der Waals surface area contributed by atoms with Crippen LogP contribution in [0.2, 0.25) is 0 Å². The molecule has 4 aliphatic rings. The fourth-order valence-corrected chi connectivity index (χ4v) is 8.86. The third kappa shape index (κ3) is 4.29. The molecule has 0 aromatic heterocycles. The topological polar surface area (TPSA) is 141 Å². The summed E-state index contributed by atoms with van der Waals surface area (Å²) in [5.74, 6) is -0.198. The monoisotopic (exact) mass is 486 g/mol. The van der Waals surface area contributed by atoms with Gasteiger partial charge in [0.15, 0.2) is 0 Å². The summed E-state index contributed by atoms with van der Waals surface area (Å²) in [4.78, 5) is 11.1. The van der Waals surface area contributed by atoms with E-state index in [1.54, 1.807) is 0 Å². The number of rotatable bonds is 6. The normalized spacial score (nSPS) is 46.0. The second-order valence-electron chi connectivity index (χ2n) is 11.5. The molecule has 0 saturated heterocycles. The van der Waals surface area contributed by atoms with Crippen molar-refractivity contribution < 1.29 is 37.3 Å². The van der Waals surface area contributed by atoms with Gasteiger partial charge in [-0.1, -0.05) is 32.4 Å². The summed E-state index contributed by atoms with van der Waals surface area (Å²) in [5, 5.41) is 31.9. The Bertz CT molecular complexity index is 915. The van der Waals surface area contributed by atoms with Gasteiger partial charge in [0.25, 0.3) is 0 Å². The number of carboxylic acid groups (broad SMARTS) is 1. The van der Waals surface area contributed by atoms with Crippen LogP contribution < -0.4 is 0 Å². The summed E-state index contributed by atoms with van der Waals surface area (Å²) < 4.78 is 36.3. The molecule has 3 saturated carbocycles. The maximum Gasteiger partial charge on any atom is 0.397 e. The van der Waals surface area contributed by atoms with E-state index in [2.05, 4.69) is 20.8 Å². The van der Waals surface area contributed by atoms with E-state index < -0.39 is 34.7 Å². The Kier molecular flexibility index (Phi) is 6.53. The Hall–Kier alpha value is -1.00. The average molecular weight is 487 g/mol. The highest BCUT2D eigenvalue weighted by Gasteiger charge is 2.64. The predicted octanol–water partition coefficient (Wildman–Crippen LogP) is 3.20. The molecule has 0 aliphatic heterocycles. The number of carbonyl (C=O) groups is 1. The number of aliphatic carboxylic acids is 1. The Balaban J connectivity index is 1.60. The van der Waals surface area contributed by atoms with Gasteiger partial charge in [0.2, 0.25) is 0 Å². The SMILES string of the molecule is C[C@H](CCC(=O)O)[C@H]1CC[C@H]2[C@@H]3[C@H](O)C=C4C[C@@H](OS(=O)(=O)O)CC[C@]4(C)[C@H]3C[C@H](O)[C@]12C. The van der Waals surface area contributed by atoms with E-state index in [-0.39, 0.29) is 46.8 Å². The first-order chi connectivity index (χ1) is 15.3. The van der Waals surface area contributed by atoms with Crippen LogP contribution in [-0.2, 0) is 19.4 Å². The lowest BCUT2D eigenvalue weighted by molar-refractivity contribution is -0.158. The predicted molar refractivity (Wildman–Crippen MR) is 120 cm³/mol. The van der Waals surface area contributed by atoms with E-state index >= 15 is 0 Å². The van der Waals surface area contributed by atoms with Gasteiger partial charge >= 0.3 is 16.4 Å². The van der Waals surface area contributed by atoms with Crippen molar-refractivity contribution in [3.05, 3.63) is 11.6 Å². The van der Waals surface area contributed by atoms with Crippen molar-refractivity contribution in [2.24, 2.45) is 40.4 Å². The second kappa shape index (κ2) is 8.59. The Morgan fingerprint density at radius 1 is 1.21 bits per heavy atom. The van der Waals surface area contributed by atoms with Gasteiger partial charge in [-0.05, 0) is 85.4 Å². The number of aliphatic hydroxyl groups is 2. The van der Waals surface area contributed by atoms with Crippen LogP contribution >= 0.6 is 0 Å². The van der Waals surface area contributed by atoms with Crippen LogP contribution in [0.5, 0.6) is 0 Å². The summed E-state index contributed by atoms with van der Waals surface area (Å²) in [6.45, 7) is 6.38. The van der Waals surface area contributed by atoms with Gasteiger partial charge in [-0.15, -0.1) is 0 Å². The molecule has 3 fully saturated rings. The van der Waals surface area contributed by atoms with Crippen molar-refractivity contribution in [3.8, 4) is 0 Å². The second-order valence-corrected chi connectivity index (χ2v) is 12.5. The summed E-state index contributed by atoms with van der Waals surface area (Å²) in [6, 6.07) is 0. The van der Waals surface area contributed by atoms with Gasteiger partial charge < -0.3 is 15.3 Å². The van der Waals surface area contributed by atoms with E-state index in [0.717, 1.165) is 18.4 Å². The van der Waals surface area contributed by atoms with Crippen molar-refractivity contribution in [1.29, 1.82) is 0 Å². The number of fused-ring (bicyclic) bond motifs is 5. The summed E-state index contributed by atoms with van der Waals surface area (Å²) in [7, 11) is -4.54. The molecule has 4 rings (SSSR count). The third-order valence-electron chi connectivity index (χ3n) is 10.0. The maximum absolute atomic E-state index is 11.5. The highest BCUT2D eigenvalue weighted by atomic mass is 32.3. The van der Waals surface area contributed by atoms with Crippen LogP contribution in [0.3, 0.4) is 0 Å². The van der Waals surface area contributed by atoms with Crippen molar-refractivity contribution in [3.63, 3.8) is 0 Å². The minimum Gasteiger partial charge on any atom is -0.481 e. The maximum atomic E-state index is 11.5. The molecule has 33 heavy (non-hydrogen) atoms. The van der Waals surface area contributed by atoms with Crippen LogP contribution in [-0.4, -0.2) is 52.6 Å². The molecule has 0 heterocycles. The van der Waals surface area contributed by atoms with Gasteiger partial charge in [0.1, 0.15) is 0 Å². The number of hydrogen-bond acceptors (Lipinski definition) is 6. The van der Waals surface area contributed by atoms with E-state index in [4.69, 9.17) is 13.8 Å². The van der Waals surface area contributed by atoms with E-state index in [9.17, 15) is 23.4 Å². The lowest BCUT2D eigenvalue weighted by atomic mass is 9.45. The fourth-order valence-electron chi connectivity index (χ4n) is 8.36. The van der Waals surface area contributed by atoms with Gasteiger partial charge in [-0.3, -0.25) is 9.35 Å². The van der Waals surface area contributed by atoms with E-state index in [1.807, 2.05) is 6.08 Å². The molecule has 0 radical (unpaired) electrons. The Morgan fingerprint density at radius 2 is 1.91 bits per heavy atom. The van der Waals surface area contributed by atoms with Gasteiger partial charge in [0.05, 0.1) is 18.3 Å². The molecule has 0 amide bonds. The highest BCUT2D eigenvalue weighted by molar-refractivity contribution is 7.80. The smallest absolute Gasteiger partial charge is 0.397 e. The summed E-state index contributed by atoms with van der Waals surface area (Å²) >= 11 is 0. The molecular formula is C24H38O8S.